The van der Waals surface area contributed by atoms with E-state index in [1.807, 2.05) is 67.3 Å². The zero-order chi connectivity index (χ0) is 11.2. The maximum atomic E-state index is 5.66. The van der Waals surface area contributed by atoms with Gasteiger partial charge >= 0.3 is 0 Å². The van der Waals surface area contributed by atoms with E-state index in [1.165, 1.54) is 0 Å². The zero-order valence-electron chi connectivity index (χ0n) is 9.04. The van der Waals surface area contributed by atoms with Crippen molar-refractivity contribution in [2.24, 2.45) is 0 Å². The molecule has 16 heavy (non-hydrogen) atoms. The highest BCUT2D eigenvalue weighted by molar-refractivity contribution is 7.47. The van der Waals surface area contributed by atoms with Crippen molar-refractivity contribution in [3.05, 3.63) is 60.7 Å². The van der Waals surface area contributed by atoms with E-state index >= 15 is 0 Å². The molecule has 0 spiro atoms. The number of rotatable bonds is 4. The molecule has 2 aromatic rings. The molecule has 3 heteroatoms. The molecule has 0 aromatic heterocycles. The number of benzene rings is 2. The van der Waals surface area contributed by atoms with E-state index in [2.05, 4.69) is 0 Å². The molecule has 0 saturated carbocycles. The zero-order valence-corrected chi connectivity index (χ0v) is 9.93. The molecule has 0 aliphatic heterocycles. The average molecular weight is 232 g/mol. The predicted molar refractivity (Wildman–Crippen MR) is 67.0 cm³/mol. The first kappa shape index (κ1) is 11.0. The van der Waals surface area contributed by atoms with Crippen LogP contribution >= 0.6 is 8.38 Å². The summed E-state index contributed by atoms with van der Waals surface area (Å²) in [4.78, 5) is 0. The molecule has 0 N–H and O–H groups in total. The molecule has 2 rings (SSSR count). The van der Waals surface area contributed by atoms with Crippen molar-refractivity contribution in [1.29, 1.82) is 0 Å². The topological polar surface area (TPSA) is 18.5 Å². The third kappa shape index (κ3) is 3.25. The molecule has 0 heterocycles. The summed E-state index contributed by atoms with van der Waals surface area (Å²) >= 11 is 0. The van der Waals surface area contributed by atoms with Crippen LogP contribution in [0, 0.1) is 0 Å². The molecule has 0 amide bonds. The standard InChI is InChI=1S/C13H13O2P/c1-16(14-12-8-4-2-5-9-12)15-13-10-6-3-7-11-13/h2-11H,1H3. The van der Waals surface area contributed by atoms with Gasteiger partial charge in [0.15, 0.2) is 0 Å². The number of para-hydroxylation sites is 2. The largest absolute Gasteiger partial charge is 0.439 e. The molecule has 0 bridgehead atoms. The minimum atomic E-state index is -0.933. The lowest BCUT2D eigenvalue weighted by Gasteiger charge is -2.14. The first-order valence-corrected chi connectivity index (χ1v) is 6.67. The molecular formula is C13H13O2P. The van der Waals surface area contributed by atoms with Crippen molar-refractivity contribution in [3.8, 4) is 11.5 Å². The van der Waals surface area contributed by atoms with Crippen LogP contribution in [0.4, 0.5) is 0 Å². The van der Waals surface area contributed by atoms with E-state index in [1.54, 1.807) is 0 Å². The second-order valence-electron chi connectivity index (χ2n) is 3.25. The van der Waals surface area contributed by atoms with Gasteiger partial charge < -0.3 is 9.05 Å². The molecule has 0 fully saturated rings. The van der Waals surface area contributed by atoms with Crippen molar-refractivity contribution in [2.75, 3.05) is 6.66 Å². The Morgan fingerprint density at radius 3 is 1.44 bits per heavy atom. The second kappa shape index (κ2) is 5.53. The van der Waals surface area contributed by atoms with Crippen molar-refractivity contribution < 1.29 is 9.05 Å². The summed E-state index contributed by atoms with van der Waals surface area (Å²) in [6.45, 7) is 1.94. The summed E-state index contributed by atoms with van der Waals surface area (Å²) in [6.07, 6.45) is 0. The SMILES string of the molecule is CP(Oc1ccccc1)Oc1ccccc1. The summed E-state index contributed by atoms with van der Waals surface area (Å²) in [5, 5.41) is 0. The minimum absolute atomic E-state index is 0.840. The summed E-state index contributed by atoms with van der Waals surface area (Å²) in [5.74, 6) is 1.68. The Hall–Kier alpha value is -1.53. The highest BCUT2D eigenvalue weighted by Crippen LogP contribution is 2.36. The van der Waals surface area contributed by atoms with Crippen LogP contribution < -0.4 is 9.05 Å². The Bertz CT molecular complexity index is 375. The van der Waals surface area contributed by atoms with Gasteiger partial charge in [0.25, 0.3) is 8.38 Å². The first-order valence-electron chi connectivity index (χ1n) is 5.04. The van der Waals surface area contributed by atoms with Gasteiger partial charge in [0.1, 0.15) is 11.5 Å². The van der Waals surface area contributed by atoms with E-state index in [-0.39, 0.29) is 0 Å². The van der Waals surface area contributed by atoms with Gasteiger partial charge in [0.2, 0.25) is 0 Å². The van der Waals surface area contributed by atoms with Crippen LogP contribution in [0.1, 0.15) is 0 Å². The Morgan fingerprint density at radius 1 is 0.688 bits per heavy atom. The fraction of sp³-hybridized carbons (Fsp3) is 0.0769. The van der Waals surface area contributed by atoms with E-state index in [9.17, 15) is 0 Å². The summed E-state index contributed by atoms with van der Waals surface area (Å²) in [6, 6.07) is 19.4. The van der Waals surface area contributed by atoms with E-state index < -0.39 is 8.38 Å². The summed E-state index contributed by atoms with van der Waals surface area (Å²) < 4.78 is 11.3. The molecule has 0 saturated heterocycles. The second-order valence-corrected chi connectivity index (χ2v) is 4.49. The van der Waals surface area contributed by atoms with Crippen LogP contribution in [-0.4, -0.2) is 6.66 Å². The molecule has 0 aliphatic rings. The van der Waals surface area contributed by atoms with Crippen LogP contribution in [0.3, 0.4) is 0 Å². The monoisotopic (exact) mass is 232 g/mol. The van der Waals surface area contributed by atoms with Gasteiger partial charge in [-0.25, -0.2) is 0 Å². The lowest BCUT2D eigenvalue weighted by molar-refractivity contribution is 0.497. The van der Waals surface area contributed by atoms with Gasteiger partial charge in [0, 0.05) is 6.66 Å². The van der Waals surface area contributed by atoms with Crippen molar-refractivity contribution in [2.45, 2.75) is 0 Å². The lowest BCUT2D eigenvalue weighted by atomic mass is 10.3. The fourth-order valence-electron chi connectivity index (χ4n) is 1.28. The molecule has 2 aromatic carbocycles. The minimum Gasteiger partial charge on any atom is -0.439 e. The Morgan fingerprint density at radius 2 is 1.06 bits per heavy atom. The maximum Gasteiger partial charge on any atom is 0.286 e. The third-order valence-corrected chi connectivity index (χ3v) is 2.89. The van der Waals surface area contributed by atoms with Crippen LogP contribution in [0.25, 0.3) is 0 Å². The molecule has 82 valence electrons. The maximum absolute atomic E-state index is 5.66. The normalized spacial score (nSPS) is 10.1. The van der Waals surface area contributed by atoms with Gasteiger partial charge in [0.05, 0.1) is 0 Å². The highest BCUT2D eigenvalue weighted by Gasteiger charge is 2.06. The van der Waals surface area contributed by atoms with E-state index in [0.29, 0.717) is 0 Å². The van der Waals surface area contributed by atoms with Crippen LogP contribution in [0.2, 0.25) is 0 Å². The first-order chi connectivity index (χ1) is 7.84. The Kier molecular flexibility index (Phi) is 3.79. The predicted octanol–water partition coefficient (Wildman–Crippen LogP) is 4.09. The van der Waals surface area contributed by atoms with Crippen molar-refractivity contribution >= 4 is 8.38 Å². The smallest absolute Gasteiger partial charge is 0.286 e. The Labute approximate surface area is 96.8 Å². The van der Waals surface area contributed by atoms with E-state index in [4.69, 9.17) is 9.05 Å². The Balaban J connectivity index is 1.92. The van der Waals surface area contributed by atoms with Gasteiger partial charge in [-0.15, -0.1) is 0 Å². The van der Waals surface area contributed by atoms with Crippen LogP contribution in [0.5, 0.6) is 11.5 Å². The molecule has 0 aliphatic carbocycles. The number of hydrogen-bond donors (Lipinski definition) is 0. The quantitative estimate of drug-likeness (QED) is 0.739. The molecule has 0 radical (unpaired) electrons. The van der Waals surface area contributed by atoms with Crippen molar-refractivity contribution in [3.63, 3.8) is 0 Å². The van der Waals surface area contributed by atoms with Crippen LogP contribution in [0.15, 0.2) is 60.7 Å². The van der Waals surface area contributed by atoms with Crippen LogP contribution in [-0.2, 0) is 0 Å². The van der Waals surface area contributed by atoms with Crippen molar-refractivity contribution in [1.82, 2.24) is 0 Å². The molecule has 0 atom stereocenters. The van der Waals surface area contributed by atoms with E-state index in [0.717, 1.165) is 11.5 Å². The van der Waals surface area contributed by atoms with Gasteiger partial charge in [-0.3, -0.25) is 0 Å². The molecular weight excluding hydrogens is 219 g/mol. The summed E-state index contributed by atoms with van der Waals surface area (Å²) in [5.41, 5.74) is 0. The molecule has 0 unspecified atom stereocenters. The van der Waals surface area contributed by atoms with Gasteiger partial charge in [-0.05, 0) is 24.3 Å². The van der Waals surface area contributed by atoms with Gasteiger partial charge in [-0.2, -0.15) is 0 Å². The highest BCUT2D eigenvalue weighted by atomic mass is 31.2. The fourth-order valence-corrected chi connectivity index (χ4v) is 2.15. The molecule has 2 nitrogen and oxygen atoms in total. The average Bonchev–Trinajstić information content (AvgIpc) is 2.31. The third-order valence-electron chi connectivity index (χ3n) is 1.95. The number of hydrogen-bond acceptors (Lipinski definition) is 2. The lowest BCUT2D eigenvalue weighted by Crippen LogP contribution is -1.93. The summed E-state index contributed by atoms with van der Waals surface area (Å²) in [7, 11) is -0.933. The van der Waals surface area contributed by atoms with Gasteiger partial charge in [-0.1, -0.05) is 36.4 Å².